The van der Waals surface area contributed by atoms with Gasteiger partial charge in [0.1, 0.15) is 5.75 Å². The lowest BCUT2D eigenvalue weighted by Crippen LogP contribution is -2.17. The van der Waals surface area contributed by atoms with Crippen molar-refractivity contribution in [3.05, 3.63) is 29.5 Å². The van der Waals surface area contributed by atoms with Gasteiger partial charge in [0, 0.05) is 12.4 Å². The minimum atomic E-state index is -0.0525. The second-order valence-electron chi connectivity index (χ2n) is 4.02. The van der Waals surface area contributed by atoms with E-state index in [1.165, 1.54) is 0 Å². The number of rotatable bonds is 3. The van der Waals surface area contributed by atoms with Gasteiger partial charge in [0.2, 0.25) is 0 Å². The first-order valence-electron chi connectivity index (χ1n) is 5.47. The first-order valence-corrected chi connectivity index (χ1v) is 5.47. The minimum Gasteiger partial charge on any atom is -0.495 e. The second-order valence-corrected chi connectivity index (χ2v) is 4.02. The second kappa shape index (κ2) is 4.22. The van der Waals surface area contributed by atoms with Gasteiger partial charge in [-0.3, -0.25) is 4.79 Å². The summed E-state index contributed by atoms with van der Waals surface area (Å²) < 4.78 is 7.19. The number of carbonyl (C=O) groups excluding carboxylic acids is 1. The quantitative estimate of drug-likeness (QED) is 0.818. The number of hydrogen-bond acceptors (Lipinski definition) is 3. The van der Waals surface area contributed by atoms with Crippen molar-refractivity contribution in [3.8, 4) is 5.75 Å². The van der Waals surface area contributed by atoms with E-state index in [1.54, 1.807) is 7.11 Å². The van der Waals surface area contributed by atoms with Gasteiger partial charge in [-0.1, -0.05) is 12.1 Å². The molecule has 0 saturated carbocycles. The van der Waals surface area contributed by atoms with Crippen molar-refractivity contribution in [1.29, 1.82) is 0 Å². The number of ketones is 1. The average Bonchev–Trinajstić information content (AvgIpc) is 2.61. The summed E-state index contributed by atoms with van der Waals surface area (Å²) in [7, 11) is 3.49. The highest BCUT2D eigenvalue weighted by molar-refractivity contribution is 6.04. The monoisotopic (exact) mass is 232 g/mol. The van der Waals surface area contributed by atoms with Crippen molar-refractivity contribution in [2.24, 2.45) is 12.8 Å². The zero-order chi connectivity index (χ0) is 12.6. The average molecular weight is 232 g/mol. The highest BCUT2D eigenvalue weighted by Crippen LogP contribution is 2.31. The molecule has 1 aromatic carbocycles. The van der Waals surface area contributed by atoms with Crippen LogP contribution in [0.4, 0.5) is 0 Å². The molecule has 0 saturated heterocycles. The van der Waals surface area contributed by atoms with E-state index in [0.717, 1.165) is 22.2 Å². The number of hydrogen-bond donors (Lipinski definition) is 1. The summed E-state index contributed by atoms with van der Waals surface area (Å²) in [6, 6.07) is 5.80. The molecule has 90 valence electrons. The van der Waals surface area contributed by atoms with Crippen molar-refractivity contribution < 1.29 is 9.53 Å². The van der Waals surface area contributed by atoms with Gasteiger partial charge in [-0.15, -0.1) is 0 Å². The molecule has 0 aliphatic rings. The summed E-state index contributed by atoms with van der Waals surface area (Å²) in [5, 5.41) is 1.03. The molecule has 0 amide bonds. The number of carbonyl (C=O) groups is 1. The van der Waals surface area contributed by atoms with Crippen LogP contribution in [0.1, 0.15) is 16.1 Å². The third-order valence-electron chi connectivity index (χ3n) is 3.10. The van der Waals surface area contributed by atoms with Crippen LogP contribution >= 0.6 is 0 Å². The van der Waals surface area contributed by atoms with Crippen LogP contribution in [0, 0.1) is 6.92 Å². The fourth-order valence-corrected chi connectivity index (χ4v) is 2.32. The fraction of sp³-hybridized carbons (Fsp3) is 0.308. The van der Waals surface area contributed by atoms with Crippen LogP contribution in [0.3, 0.4) is 0 Å². The third kappa shape index (κ3) is 1.61. The Morgan fingerprint density at radius 2 is 2.18 bits per heavy atom. The molecule has 2 rings (SSSR count). The molecule has 0 radical (unpaired) electrons. The summed E-state index contributed by atoms with van der Waals surface area (Å²) in [5.41, 5.74) is 7.99. The standard InChI is InChI=1S/C13H16N2O2/c1-8-9-5-4-6-11(17-3)13(9)15(2)12(8)10(16)7-14/h4-6H,7,14H2,1-3H3. The largest absolute Gasteiger partial charge is 0.495 e. The Kier molecular flexibility index (Phi) is 2.90. The van der Waals surface area contributed by atoms with Gasteiger partial charge >= 0.3 is 0 Å². The molecule has 0 spiro atoms. The van der Waals surface area contributed by atoms with Gasteiger partial charge in [0.05, 0.1) is 24.9 Å². The summed E-state index contributed by atoms with van der Waals surface area (Å²) in [6.45, 7) is 1.96. The van der Waals surface area contributed by atoms with Crippen LogP contribution in [0.15, 0.2) is 18.2 Å². The SMILES string of the molecule is COc1cccc2c(C)c(C(=O)CN)n(C)c12. The third-order valence-corrected chi connectivity index (χ3v) is 3.10. The van der Waals surface area contributed by atoms with Gasteiger partial charge in [-0.25, -0.2) is 0 Å². The molecule has 0 aliphatic heterocycles. The number of nitrogens with zero attached hydrogens (tertiary/aromatic N) is 1. The number of para-hydroxylation sites is 1. The Morgan fingerprint density at radius 1 is 1.47 bits per heavy atom. The first kappa shape index (κ1) is 11.7. The maximum absolute atomic E-state index is 11.8. The Hall–Kier alpha value is -1.81. The number of ether oxygens (including phenoxy) is 1. The molecule has 2 aromatic rings. The Labute approximate surface area is 100.0 Å². The van der Waals surface area contributed by atoms with Gasteiger partial charge in [0.25, 0.3) is 0 Å². The fourth-order valence-electron chi connectivity index (χ4n) is 2.32. The number of benzene rings is 1. The maximum Gasteiger partial charge on any atom is 0.192 e. The highest BCUT2D eigenvalue weighted by atomic mass is 16.5. The molecule has 4 heteroatoms. The van der Waals surface area contributed by atoms with E-state index in [2.05, 4.69) is 0 Å². The normalized spacial score (nSPS) is 10.8. The van der Waals surface area contributed by atoms with E-state index in [9.17, 15) is 4.79 Å². The van der Waals surface area contributed by atoms with Crippen LogP contribution in [0.5, 0.6) is 5.75 Å². The highest BCUT2D eigenvalue weighted by Gasteiger charge is 2.19. The summed E-state index contributed by atoms with van der Waals surface area (Å²) in [6.07, 6.45) is 0. The van der Waals surface area contributed by atoms with Crippen LogP contribution in [0.25, 0.3) is 10.9 Å². The van der Waals surface area contributed by atoms with Gasteiger partial charge in [-0.05, 0) is 18.6 Å². The number of Topliss-reactive ketones (excluding diaryl/α,β-unsaturated/α-hetero) is 1. The van der Waals surface area contributed by atoms with Crippen LogP contribution < -0.4 is 10.5 Å². The van der Waals surface area contributed by atoms with Crippen LogP contribution in [-0.2, 0) is 7.05 Å². The Bertz CT molecular complexity index is 585. The lowest BCUT2D eigenvalue weighted by molar-refractivity contribution is 0.0993. The van der Waals surface area contributed by atoms with Gasteiger partial charge < -0.3 is 15.0 Å². The van der Waals surface area contributed by atoms with Crippen molar-refractivity contribution in [3.63, 3.8) is 0 Å². The lowest BCUT2D eigenvalue weighted by Gasteiger charge is -2.05. The van der Waals surface area contributed by atoms with Crippen molar-refractivity contribution in [2.75, 3.05) is 13.7 Å². The van der Waals surface area contributed by atoms with E-state index in [1.807, 2.05) is 36.7 Å². The predicted octanol–water partition coefficient (Wildman–Crippen LogP) is 1.64. The number of methoxy groups -OCH3 is 1. The molecule has 1 aromatic heterocycles. The van der Waals surface area contributed by atoms with E-state index in [-0.39, 0.29) is 12.3 Å². The van der Waals surface area contributed by atoms with Crippen molar-refractivity contribution in [1.82, 2.24) is 4.57 Å². The molecule has 17 heavy (non-hydrogen) atoms. The molecule has 0 fully saturated rings. The molecule has 0 bridgehead atoms. The number of aromatic nitrogens is 1. The van der Waals surface area contributed by atoms with Crippen molar-refractivity contribution in [2.45, 2.75) is 6.92 Å². The minimum absolute atomic E-state index is 0.0211. The molecule has 1 heterocycles. The predicted molar refractivity (Wildman–Crippen MR) is 67.6 cm³/mol. The topological polar surface area (TPSA) is 57.2 Å². The lowest BCUT2D eigenvalue weighted by atomic mass is 10.1. The van der Waals surface area contributed by atoms with Gasteiger partial charge in [0.15, 0.2) is 5.78 Å². The van der Waals surface area contributed by atoms with E-state index in [4.69, 9.17) is 10.5 Å². The summed E-state index contributed by atoms with van der Waals surface area (Å²) in [5.74, 6) is 0.715. The van der Waals surface area contributed by atoms with E-state index >= 15 is 0 Å². The van der Waals surface area contributed by atoms with Crippen molar-refractivity contribution >= 4 is 16.7 Å². The molecular formula is C13H16N2O2. The molecule has 0 atom stereocenters. The van der Waals surface area contributed by atoms with Gasteiger partial charge in [-0.2, -0.15) is 0 Å². The summed E-state index contributed by atoms with van der Waals surface area (Å²) in [4.78, 5) is 11.8. The van der Waals surface area contributed by atoms with Crippen LogP contribution in [-0.4, -0.2) is 24.0 Å². The molecule has 0 unspecified atom stereocenters. The maximum atomic E-state index is 11.8. The van der Waals surface area contributed by atoms with Crippen LogP contribution in [0.2, 0.25) is 0 Å². The number of fused-ring (bicyclic) bond motifs is 1. The molecular weight excluding hydrogens is 216 g/mol. The number of nitrogens with two attached hydrogens (primary N) is 1. The number of aryl methyl sites for hydroxylation is 2. The van der Waals surface area contributed by atoms with E-state index < -0.39 is 0 Å². The molecule has 2 N–H and O–H groups in total. The first-order chi connectivity index (χ1) is 8.11. The summed E-state index contributed by atoms with van der Waals surface area (Å²) >= 11 is 0. The smallest absolute Gasteiger partial charge is 0.192 e. The van der Waals surface area contributed by atoms with E-state index in [0.29, 0.717) is 5.69 Å². The Morgan fingerprint density at radius 3 is 2.76 bits per heavy atom. The zero-order valence-corrected chi connectivity index (χ0v) is 10.3. The zero-order valence-electron chi connectivity index (χ0n) is 10.3. The molecule has 4 nitrogen and oxygen atoms in total. The Balaban J connectivity index is 2.85. The molecule has 0 aliphatic carbocycles.